The van der Waals surface area contributed by atoms with E-state index in [9.17, 15) is 32.4 Å². The van der Waals surface area contributed by atoms with Gasteiger partial charge < -0.3 is 58.3 Å². The lowest BCUT2D eigenvalue weighted by Crippen LogP contribution is -2.43. The summed E-state index contributed by atoms with van der Waals surface area (Å²) >= 11 is 0. The van der Waals surface area contributed by atoms with Crippen LogP contribution in [0.25, 0.3) is 11.1 Å². The van der Waals surface area contributed by atoms with Gasteiger partial charge >= 0.3 is 34.3 Å². The topological polar surface area (TPSA) is 273 Å². The molecule has 3 rings (SSSR count). The summed E-state index contributed by atoms with van der Waals surface area (Å²) in [6.45, 7) is 1.10. The van der Waals surface area contributed by atoms with Gasteiger partial charge in [-0.3, -0.25) is 14.4 Å². The summed E-state index contributed by atoms with van der Waals surface area (Å²) < 4.78 is 70.6. The zero-order valence-corrected chi connectivity index (χ0v) is 34.7. The fourth-order valence-corrected chi connectivity index (χ4v) is 6.39. The molecular formula is C39H56N4O17S. The first-order valence-corrected chi connectivity index (χ1v) is 21.2. The molecule has 0 bridgehead atoms. The second-order valence-electron chi connectivity index (χ2n) is 13.0. The van der Waals surface area contributed by atoms with Crippen LogP contribution in [0, 0.1) is 0 Å². The zero-order chi connectivity index (χ0) is 44.1. The van der Waals surface area contributed by atoms with Gasteiger partial charge in [0.2, 0.25) is 5.91 Å². The number of fused-ring (bicyclic) bond motifs is 3. The highest BCUT2D eigenvalue weighted by atomic mass is 32.2. The minimum atomic E-state index is -4.29. The number of carboxylic acid groups (broad SMARTS) is 2. The Hall–Kier alpha value is -4.94. The molecule has 1 aliphatic carbocycles. The molecule has 3 amide bonds. The highest BCUT2D eigenvalue weighted by molar-refractivity contribution is 7.88. The van der Waals surface area contributed by atoms with E-state index in [2.05, 4.69) is 22.2 Å². The number of carbonyl (C=O) groups excluding carboxylic acids is 3. The van der Waals surface area contributed by atoms with Crippen molar-refractivity contribution >= 4 is 40.2 Å². The first kappa shape index (κ1) is 50.4. The summed E-state index contributed by atoms with van der Waals surface area (Å²) in [6, 6.07) is 16.0. The van der Waals surface area contributed by atoms with E-state index < -0.39 is 34.3 Å². The molecule has 0 atom stereocenters. The average molecular weight is 885 g/mol. The minimum absolute atomic E-state index is 0.0116. The van der Waals surface area contributed by atoms with Crippen LogP contribution < -0.4 is 14.8 Å². The average Bonchev–Trinajstić information content (AvgIpc) is 3.54. The van der Waals surface area contributed by atoms with Gasteiger partial charge in [-0.25, -0.2) is 14.3 Å². The van der Waals surface area contributed by atoms with Crippen LogP contribution in [0.5, 0.6) is 0 Å². The lowest BCUT2D eigenvalue weighted by molar-refractivity contribution is -0.139. The Labute approximate surface area is 354 Å². The molecular weight excluding hydrogens is 829 g/mol. The Morgan fingerprint density at radius 3 is 1.62 bits per heavy atom. The standard InChI is InChI=1S/C39H56N4O17S/c44-35(9-16-53-19-12-40-38(49)60-29-34-32-7-3-1-5-30(32)31-6-2-4-8-33(31)34)43(14-21-57-26-28-58-27-24-55-18-11-37(47)48)15-22-59-39(50)42-61(51,52)41-13-20-56-25-23-54-17-10-36(45)46/h1-8,34,41H,9-29H2,(H,40,49)(H,42,50)(H,45,46)(H,47,48). The molecule has 0 aromatic heterocycles. The van der Waals surface area contributed by atoms with E-state index >= 15 is 0 Å². The number of carboxylic acids is 2. The van der Waals surface area contributed by atoms with E-state index in [1.54, 1.807) is 4.72 Å². The number of alkyl carbamates (subject to hydrolysis) is 1. The van der Waals surface area contributed by atoms with Crippen LogP contribution in [0.1, 0.15) is 36.3 Å². The van der Waals surface area contributed by atoms with Crippen LogP contribution in [-0.2, 0) is 62.5 Å². The molecule has 21 nitrogen and oxygen atoms in total. The number of benzene rings is 2. The first-order valence-electron chi connectivity index (χ1n) is 19.7. The largest absolute Gasteiger partial charge is 0.481 e. The van der Waals surface area contributed by atoms with Crippen molar-refractivity contribution in [1.29, 1.82) is 0 Å². The molecule has 61 heavy (non-hydrogen) atoms. The predicted octanol–water partition coefficient (Wildman–Crippen LogP) is 1.35. The Kier molecular flexibility index (Phi) is 24.2. The summed E-state index contributed by atoms with van der Waals surface area (Å²) in [5, 5.41) is 19.8. The van der Waals surface area contributed by atoms with Crippen LogP contribution in [0.3, 0.4) is 0 Å². The lowest BCUT2D eigenvalue weighted by atomic mass is 9.98. The molecule has 5 N–H and O–H groups in total. The number of aliphatic carboxylic acids is 2. The van der Waals surface area contributed by atoms with Crippen LogP contribution in [0.15, 0.2) is 48.5 Å². The van der Waals surface area contributed by atoms with Crippen molar-refractivity contribution in [3.8, 4) is 11.1 Å². The van der Waals surface area contributed by atoms with E-state index in [0.717, 1.165) is 22.3 Å². The Bertz CT molecular complexity index is 1720. The third-order valence-electron chi connectivity index (χ3n) is 8.57. The van der Waals surface area contributed by atoms with Crippen molar-refractivity contribution in [2.75, 3.05) is 119 Å². The second-order valence-corrected chi connectivity index (χ2v) is 14.5. The number of ether oxygens (including phenoxy) is 8. The van der Waals surface area contributed by atoms with Crippen molar-refractivity contribution in [2.45, 2.75) is 25.2 Å². The monoisotopic (exact) mass is 884 g/mol. The van der Waals surface area contributed by atoms with Gasteiger partial charge in [0.15, 0.2) is 0 Å². The van der Waals surface area contributed by atoms with Crippen LogP contribution >= 0.6 is 0 Å². The Morgan fingerprint density at radius 1 is 0.557 bits per heavy atom. The van der Waals surface area contributed by atoms with Gasteiger partial charge in [0.05, 0.1) is 105 Å². The molecule has 0 spiro atoms. The SMILES string of the molecule is O=C(O)CCOCCOCCNS(=O)(=O)NC(=O)OCCN(CCOCCOCCOCCC(=O)O)C(=O)CCOCCNC(=O)OCC1c2ccccc2-c2ccccc21. The summed E-state index contributed by atoms with van der Waals surface area (Å²) in [4.78, 5) is 60.1. The Balaban J connectivity index is 1.33. The first-order chi connectivity index (χ1) is 29.5. The van der Waals surface area contributed by atoms with Crippen molar-refractivity contribution in [2.24, 2.45) is 0 Å². The maximum Gasteiger partial charge on any atom is 0.421 e. The minimum Gasteiger partial charge on any atom is -0.481 e. The summed E-state index contributed by atoms with van der Waals surface area (Å²) in [7, 11) is -4.29. The van der Waals surface area contributed by atoms with Crippen molar-refractivity contribution in [1.82, 2.24) is 19.7 Å². The molecule has 340 valence electrons. The van der Waals surface area contributed by atoms with E-state index in [-0.39, 0.29) is 150 Å². The molecule has 0 heterocycles. The van der Waals surface area contributed by atoms with E-state index in [0.29, 0.717) is 0 Å². The number of rotatable bonds is 34. The summed E-state index contributed by atoms with van der Waals surface area (Å²) in [6.07, 6.45) is -2.19. The molecule has 0 aliphatic heterocycles. The molecule has 0 saturated heterocycles. The third-order valence-corrected chi connectivity index (χ3v) is 9.58. The zero-order valence-electron chi connectivity index (χ0n) is 33.9. The summed E-state index contributed by atoms with van der Waals surface area (Å²) in [5.41, 5.74) is 4.43. The van der Waals surface area contributed by atoms with Gasteiger partial charge in [-0.1, -0.05) is 48.5 Å². The highest BCUT2D eigenvalue weighted by Gasteiger charge is 2.29. The number of amides is 3. The van der Waals surface area contributed by atoms with Gasteiger partial charge in [-0.2, -0.15) is 13.1 Å². The van der Waals surface area contributed by atoms with Crippen LogP contribution in [0.4, 0.5) is 9.59 Å². The van der Waals surface area contributed by atoms with Gasteiger partial charge in [-0.15, -0.1) is 0 Å². The highest BCUT2D eigenvalue weighted by Crippen LogP contribution is 2.44. The molecule has 0 saturated carbocycles. The number of nitrogens with zero attached hydrogens (tertiary/aromatic N) is 1. The van der Waals surface area contributed by atoms with Gasteiger partial charge in [0.25, 0.3) is 0 Å². The second kappa shape index (κ2) is 29.3. The van der Waals surface area contributed by atoms with Crippen LogP contribution in [0.2, 0.25) is 0 Å². The van der Waals surface area contributed by atoms with Gasteiger partial charge in [0, 0.05) is 25.6 Å². The molecule has 1 aliphatic rings. The molecule has 0 unspecified atom stereocenters. The fraction of sp³-hybridized carbons (Fsp3) is 0.564. The normalized spacial score (nSPS) is 12.0. The van der Waals surface area contributed by atoms with Crippen molar-refractivity contribution in [3.05, 3.63) is 59.7 Å². The molecule has 22 heteroatoms. The van der Waals surface area contributed by atoms with E-state index in [4.69, 9.17) is 48.1 Å². The predicted molar refractivity (Wildman–Crippen MR) is 215 cm³/mol. The summed E-state index contributed by atoms with van der Waals surface area (Å²) in [5.74, 6) is -2.40. The molecule has 0 radical (unpaired) electrons. The number of nitrogens with one attached hydrogen (secondary N) is 3. The smallest absolute Gasteiger partial charge is 0.421 e. The molecule has 2 aromatic carbocycles. The fourth-order valence-electron chi connectivity index (χ4n) is 5.69. The lowest BCUT2D eigenvalue weighted by Gasteiger charge is -2.23. The Morgan fingerprint density at radius 2 is 1.03 bits per heavy atom. The number of hydrogen-bond acceptors (Lipinski definition) is 15. The van der Waals surface area contributed by atoms with E-state index in [1.807, 2.05) is 36.4 Å². The maximum atomic E-state index is 13.1. The van der Waals surface area contributed by atoms with Gasteiger partial charge in [0.1, 0.15) is 13.2 Å². The van der Waals surface area contributed by atoms with E-state index in [1.165, 1.54) is 4.90 Å². The van der Waals surface area contributed by atoms with Crippen molar-refractivity contribution in [3.63, 3.8) is 0 Å². The molecule has 0 fully saturated rings. The third kappa shape index (κ3) is 21.4. The quantitative estimate of drug-likeness (QED) is 0.0621. The molecule has 2 aromatic rings. The van der Waals surface area contributed by atoms with Gasteiger partial charge in [-0.05, 0) is 22.3 Å². The number of carbonyl (C=O) groups is 5. The van der Waals surface area contributed by atoms with Crippen molar-refractivity contribution < 1.29 is 80.5 Å². The maximum absolute atomic E-state index is 13.1. The number of hydrogen-bond donors (Lipinski definition) is 5. The van der Waals surface area contributed by atoms with Crippen LogP contribution in [-0.4, -0.2) is 172 Å².